The number of fused-ring (bicyclic) bond motifs is 1. The summed E-state index contributed by atoms with van der Waals surface area (Å²) in [7, 11) is 0. The van der Waals surface area contributed by atoms with Crippen molar-refractivity contribution < 1.29 is 14.8 Å². The highest BCUT2D eigenvalue weighted by Crippen LogP contribution is 2.21. The fraction of sp³-hybridized carbons (Fsp3) is 0.188. The SMILES string of the molecule is C[C@@H]([NH2+]Cc1cc(=O)oc2cc(O)ccc12)c1cccs1. The minimum Gasteiger partial charge on any atom is -0.508 e. The molecule has 3 N–H and O–H groups in total. The molecule has 2 heterocycles. The van der Waals surface area contributed by atoms with E-state index >= 15 is 0 Å². The van der Waals surface area contributed by atoms with Gasteiger partial charge in [-0.05, 0) is 30.5 Å². The van der Waals surface area contributed by atoms with Gasteiger partial charge in [0.25, 0.3) is 0 Å². The molecule has 0 aliphatic heterocycles. The highest BCUT2D eigenvalue weighted by atomic mass is 32.1. The van der Waals surface area contributed by atoms with Crippen molar-refractivity contribution in [2.24, 2.45) is 0 Å². The van der Waals surface area contributed by atoms with Crippen LogP contribution in [0, 0.1) is 0 Å². The van der Waals surface area contributed by atoms with Crippen LogP contribution in [0.1, 0.15) is 23.4 Å². The van der Waals surface area contributed by atoms with E-state index in [1.807, 2.05) is 6.07 Å². The molecule has 0 amide bonds. The summed E-state index contributed by atoms with van der Waals surface area (Å²) in [5, 5.41) is 14.6. The van der Waals surface area contributed by atoms with Crippen LogP contribution < -0.4 is 10.9 Å². The van der Waals surface area contributed by atoms with E-state index in [0.717, 1.165) is 10.9 Å². The highest BCUT2D eigenvalue weighted by Gasteiger charge is 2.12. The van der Waals surface area contributed by atoms with Crippen LogP contribution in [0.3, 0.4) is 0 Å². The lowest BCUT2D eigenvalue weighted by Crippen LogP contribution is -2.82. The number of thiophene rings is 1. The summed E-state index contributed by atoms with van der Waals surface area (Å²) in [4.78, 5) is 12.9. The summed E-state index contributed by atoms with van der Waals surface area (Å²) < 4.78 is 5.13. The van der Waals surface area contributed by atoms with Crippen molar-refractivity contribution in [3.8, 4) is 5.75 Å². The third-order valence-electron chi connectivity index (χ3n) is 3.50. The third-order valence-corrected chi connectivity index (χ3v) is 4.57. The first-order chi connectivity index (χ1) is 10.1. The molecule has 0 aliphatic rings. The summed E-state index contributed by atoms with van der Waals surface area (Å²) in [6.07, 6.45) is 0. The molecular weight excluding hydrogens is 286 g/mol. The molecule has 1 aromatic carbocycles. The number of benzene rings is 1. The van der Waals surface area contributed by atoms with Crippen molar-refractivity contribution in [2.75, 3.05) is 0 Å². The predicted molar refractivity (Wildman–Crippen MR) is 82.5 cm³/mol. The Morgan fingerprint density at radius 2 is 2.19 bits per heavy atom. The fourth-order valence-corrected chi connectivity index (χ4v) is 3.14. The summed E-state index contributed by atoms with van der Waals surface area (Å²) in [6.45, 7) is 2.83. The van der Waals surface area contributed by atoms with Gasteiger partial charge in [0.1, 0.15) is 23.9 Å². The molecule has 0 aliphatic carbocycles. The molecule has 0 saturated heterocycles. The van der Waals surface area contributed by atoms with Crippen LogP contribution in [-0.4, -0.2) is 5.11 Å². The van der Waals surface area contributed by atoms with Crippen molar-refractivity contribution in [1.82, 2.24) is 0 Å². The lowest BCUT2D eigenvalue weighted by molar-refractivity contribution is -0.707. The molecule has 0 spiro atoms. The van der Waals surface area contributed by atoms with E-state index in [1.165, 1.54) is 17.0 Å². The molecular formula is C16H16NO3S+. The normalized spacial score (nSPS) is 12.6. The number of aromatic hydroxyl groups is 1. The molecule has 5 heteroatoms. The maximum absolute atomic E-state index is 11.6. The van der Waals surface area contributed by atoms with E-state index in [0.29, 0.717) is 18.2 Å². The molecule has 1 atom stereocenters. The lowest BCUT2D eigenvalue weighted by atomic mass is 10.1. The number of quaternary nitrogens is 1. The smallest absolute Gasteiger partial charge is 0.336 e. The number of hydrogen-bond donors (Lipinski definition) is 2. The molecule has 0 radical (unpaired) electrons. The Morgan fingerprint density at radius 1 is 1.33 bits per heavy atom. The van der Waals surface area contributed by atoms with Crippen molar-refractivity contribution >= 4 is 22.3 Å². The highest BCUT2D eigenvalue weighted by molar-refractivity contribution is 7.10. The molecule has 0 bridgehead atoms. The maximum Gasteiger partial charge on any atom is 0.336 e. The van der Waals surface area contributed by atoms with Crippen molar-refractivity contribution in [2.45, 2.75) is 19.5 Å². The Kier molecular flexibility index (Phi) is 3.77. The van der Waals surface area contributed by atoms with Crippen LogP contribution in [0.25, 0.3) is 11.0 Å². The van der Waals surface area contributed by atoms with Crippen LogP contribution >= 0.6 is 11.3 Å². The average Bonchev–Trinajstić information content (AvgIpc) is 2.97. The summed E-state index contributed by atoms with van der Waals surface area (Å²) in [5.41, 5.74) is 0.958. The zero-order valence-electron chi connectivity index (χ0n) is 11.6. The Hall–Kier alpha value is -2.11. The number of rotatable bonds is 4. The maximum atomic E-state index is 11.6. The second kappa shape index (κ2) is 5.71. The van der Waals surface area contributed by atoms with Crippen LogP contribution in [0.5, 0.6) is 5.75 Å². The van der Waals surface area contributed by atoms with Gasteiger partial charge in [0.05, 0.1) is 4.88 Å². The van der Waals surface area contributed by atoms with Crippen molar-refractivity contribution in [3.63, 3.8) is 0 Å². The topological polar surface area (TPSA) is 67.0 Å². The van der Waals surface area contributed by atoms with Gasteiger partial charge in [-0.1, -0.05) is 6.07 Å². The standard InChI is InChI=1S/C16H15NO3S/c1-10(15-3-2-6-21-15)17-9-11-7-16(19)20-14-8-12(18)4-5-13(11)14/h2-8,10,17-18H,9H2,1H3/p+1/t10-/m1/s1. The monoisotopic (exact) mass is 302 g/mol. The molecule has 2 aromatic heterocycles. The first-order valence-electron chi connectivity index (χ1n) is 6.76. The number of hydrogen-bond acceptors (Lipinski definition) is 4. The second-order valence-corrected chi connectivity index (χ2v) is 5.99. The van der Waals surface area contributed by atoms with Gasteiger partial charge < -0.3 is 14.8 Å². The Balaban J connectivity index is 1.88. The summed E-state index contributed by atoms with van der Waals surface area (Å²) >= 11 is 1.73. The van der Waals surface area contributed by atoms with Gasteiger partial charge in [0, 0.05) is 23.1 Å². The lowest BCUT2D eigenvalue weighted by Gasteiger charge is -2.10. The van der Waals surface area contributed by atoms with Crippen LogP contribution in [-0.2, 0) is 6.54 Å². The van der Waals surface area contributed by atoms with Gasteiger partial charge >= 0.3 is 5.63 Å². The van der Waals surface area contributed by atoms with Crippen LogP contribution in [0.4, 0.5) is 0 Å². The molecule has 108 valence electrons. The number of phenolic OH excluding ortho intramolecular Hbond substituents is 1. The van der Waals surface area contributed by atoms with E-state index < -0.39 is 0 Å². The first-order valence-corrected chi connectivity index (χ1v) is 7.64. The molecule has 0 unspecified atom stereocenters. The predicted octanol–water partition coefficient (Wildman–Crippen LogP) is 2.38. The van der Waals surface area contributed by atoms with Gasteiger partial charge in [-0.3, -0.25) is 0 Å². The molecule has 0 saturated carbocycles. The minimum absolute atomic E-state index is 0.0960. The Bertz CT molecular complexity index is 808. The van der Waals surface area contributed by atoms with Gasteiger partial charge in [0.2, 0.25) is 0 Å². The Labute approximate surface area is 125 Å². The Morgan fingerprint density at radius 3 is 2.95 bits per heavy atom. The molecule has 3 aromatic rings. The third kappa shape index (κ3) is 2.99. The van der Waals surface area contributed by atoms with Crippen molar-refractivity contribution in [1.29, 1.82) is 0 Å². The average molecular weight is 302 g/mol. The first kappa shape index (κ1) is 13.9. The van der Waals surface area contributed by atoms with E-state index in [9.17, 15) is 9.90 Å². The van der Waals surface area contributed by atoms with Crippen LogP contribution in [0.15, 0.2) is 51.0 Å². The largest absolute Gasteiger partial charge is 0.508 e. The number of nitrogens with two attached hydrogens (primary N) is 1. The van der Waals surface area contributed by atoms with Gasteiger partial charge in [-0.15, -0.1) is 11.3 Å². The number of phenols is 1. The summed E-state index contributed by atoms with van der Waals surface area (Å²) in [5.74, 6) is 0.0960. The molecule has 0 fully saturated rings. The second-order valence-electron chi connectivity index (χ2n) is 5.02. The zero-order valence-corrected chi connectivity index (χ0v) is 12.4. The van der Waals surface area contributed by atoms with Crippen molar-refractivity contribution in [3.05, 3.63) is 62.6 Å². The zero-order chi connectivity index (χ0) is 14.8. The molecule has 4 nitrogen and oxygen atoms in total. The van der Waals surface area contributed by atoms with Gasteiger partial charge in [-0.25, -0.2) is 4.79 Å². The van der Waals surface area contributed by atoms with Crippen LogP contribution in [0.2, 0.25) is 0 Å². The van der Waals surface area contributed by atoms with E-state index in [1.54, 1.807) is 23.5 Å². The molecule has 21 heavy (non-hydrogen) atoms. The minimum atomic E-state index is -0.389. The fourth-order valence-electron chi connectivity index (χ4n) is 2.36. The molecule has 3 rings (SSSR count). The summed E-state index contributed by atoms with van der Waals surface area (Å²) in [6, 6.07) is 10.9. The van der Waals surface area contributed by atoms with E-state index in [4.69, 9.17) is 4.42 Å². The van der Waals surface area contributed by atoms with Gasteiger partial charge in [-0.2, -0.15) is 0 Å². The van der Waals surface area contributed by atoms with E-state index in [-0.39, 0.29) is 11.4 Å². The van der Waals surface area contributed by atoms with Gasteiger partial charge in [0.15, 0.2) is 0 Å². The quantitative estimate of drug-likeness (QED) is 0.727. The van der Waals surface area contributed by atoms with E-state index in [2.05, 4.69) is 23.7 Å².